The first kappa shape index (κ1) is 14.4. The Bertz CT molecular complexity index is 663. The summed E-state index contributed by atoms with van der Waals surface area (Å²) in [6, 6.07) is 12.3. The summed E-state index contributed by atoms with van der Waals surface area (Å²) in [5.74, 6) is 0.798. The minimum Gasteiger partial charge on any atom is -0.497 e. The molecule has 2 aromatic rings. The van der Waals surface area contributed by atoms with E-state index in [4.69, 9.17) is 14.0 Å². The molecule has 1 fully saturated rings. The molecule has 110 valence electrons. The van der Waals surface area contributed by atoms with E-state index in [2.05, 4.69) is 45.9 Å². The van der Waals surface area contributed by atoms with Gasteiger partial charge in [-0.15, -0.1) is 0 Å². The number of rotatable bonds is 2. The van der Waals surface area contributed by atoms with Crippen molar-refractivity contribution >= 4 is 23.4 Å². The largest absolute Gasteiger partial charge is 0.498 e. The van der Waals surface area contributed by atoms with Gasteiger partial charge in [-0.05, 0) is 44.5 Å². The second-order valence-electron chi connectivity index (χ2n) is 6.53. The maximum absolute atomic E-state index is 6.14. The molecule has 0 spiro atoms. The lowest BCUT2D eigenvalue weighted by Crippen LogP contribution is -2.41. The van der Waals surface area contributed by atoms with Gasteiger partial charge < -0.3 is 14.0 Å². The molecular weight excluding hydrogens is 263 g/mol. The zero-order valence-corrected chi connectivity index (χ0v) is 13.3. The van der Waals surface area contributed by atoms with E-state index >= 15 is 0 Å². The van der Waals surface area contributed by atoms with E-state index in [-0.39, 0.29) is 11.2 Å². The minimum absolute atomic E-state index is 0.353. The predicted octanol–water partition coefficient (Wildman–Crippen LogP) is 3.15. The molecular formula is C17H21BO3. The van der Waals surface area contributed by atoms with E-state index in [0.717, 1.165) is 22.0 Å². The molecule has 0 unspecified atom stereocenters. The van der Waals surface area contributed by atoms with Gasteiger partial charge in [-0.2, -0.15) is 0 Å². The van der Waals surface area contributed by atoms with Crippen LogP contribution in [0.1, 0.15) is 27.7 Å². The third kappa shape index (κ3) is 2.32. The SMILES string of the molecule is COc1cc2ccccc2cc1B1OC(C)(C)C(C)(C)O1. The molecule has 0 amide bonds. The smallest absolute Gasteiger partial charge is 0.497 e. The highest BCUT2D eigenvalue weighted by atomic mass is 16.7. The van der Waals surface area contributed by atoms with Crippen LogP contribution < -0.4 is 10.2 Å². The molecule has 0 aliphatic carbocycles. The quantitative estimate of drug-likeness (QED) is 0.793. The van der Waals surface area contributed by atoms with Crippen LogP contribution in [0.25, 0.3) is 10.8 Å². The molecule has 1 saturated heterocycles. The summed E-state index contributed by atoms with van der Waals surface area (Å²) in [5.41, 5.74) is 0.234. The Hall–Kier alpha value is -1.52. The molecule has 1 aliphatic heterocycles. The summed E-state index contributed by atoms with van der Waals surface area (Å²) in [4.78, 5) is 0. The van der Waals surface area contributed by atoms with Crippen LogP contribution in [0.4, 0.5) is 0 Å². The van der Waals surface area contributed by atoms with E-state index in [1.807, 2.05) is 18.2 Å². The van der Waals surface area contributed by atoms with Crippen molar-refractivity contribution in [2.24, 2.45) is 0 Å². The normalized spacial score (nSPS) is 20.0. The highest BCUT2D eigenvalue weighted by molar-refractivity contribution is 6.63. The average molecular weight is 284 g/mol. The van der Waals surface area contributed by atoms with Crippen LogP contribution in [-0.2, 0) is 9.31 Å². The van der Waals surface area contributed by atoms with E-state index in [1.54, 1.807) is 7.11 Å². The van der Waals surface area contributed by atoms with Crippen molar-refractivity contribution in [2.75, 3.05) is 7.11 Å². The summed E-state index contributed by atoms with van der Waals surface area (Å²) >= 11 is 0. The first-order valence-electron chi connectivity index (χ1n) is 7.26. The molecule has 0 bridgehead atoms. The van der Waals surface area contributed by atoms with Crippen LogP contribution in [0.15, 0.2) is 36.4 Å². The van der Waals surface area contributed by atoms with Crippen molar-refractivity contribution in [3.05, 3.63) is 36.4 Å². The van der Waals surface area contributed by atoms with Gasteiger partial charge in [0.1, 0.15) is 5.75 Å². The van der Waals surface area contributed by atoms with Crippen LogP contribution in [0.3, 0.4) is 0 Å². The van der Waals surface area contributed by atoms with Gasteiger partial charge in [-0.3, -0.25) is 0 Å². The van der Waals surface area contributed by atoms with Crippen LogP contribution in [0.5, 0.6) is 5.75 Å². The van der Waals surface area contributed by atoms with Gasteiger partial charge in [0.2, 0.25) is 0 Å². The summed E-state index contributed by atoms with van der Waals surface area (Å²) in [5, 5.41) is 2.30. The van der Waals surface area contributed by atoms with Gasteiger partial charge >= 0.3 is 7.12 Å². The van der Waals surface area contributed by atoms with Crippen molar-refractivity contribution in [1.29, 1.82) is 0 Å². The lowest BCUT2D eigenvalue weighted by atomic mass is 9.77. The van der Waals surface area contributed by atoms with Gasteiger partial charge in [-0.25, -0.2) is 0 Å². The van der Waals surface area contributed by atoms with Crippen LogP contribution >= 0.6 is 0 Å². The number of fused-ring (bicyclic) bond motifs is 1. The Morgan fingerprint density at radius 3 is 1.95 bits per heavy atom. The number of benzene rings is 2. The first-order chi connectivity index (χ1) is 9.84. The maximum Gasteiger partial charge on any atom is 0.498 e. The lowest BCUT2D eigenvalue weighted by molar-refractivity contribution is 0.00578. The molecule has 21 heavy (non-hydrogen) atoms. The standard InChI is InChI=1S/C17H21BO3/c1-16(2)17(3,4)21-18(20-16)14-10-12-8-6-7-9-13(12)11-15(14)19-5/h6-11H,1-5H3. The van der Waals surface area contributed by atoms with Crippen molar-refractivity contribution in [3.8, 4) is 5.75 Å². The Morgan fingerprint density at radius 2 is 1.43 bits per heavy atom. The van der Waals surface area contributed by atoms with Crippen molar-refractivity contribution in [1.82, 2.24) is 0 Å². The lowest BCUT2D eigenvalue weighted by Gasteiger charge is -2.32. The zero-order chi connectivity index (χ0) is 15.3. The molecule has 2 aromatic carbocycles. The third-order valence-electron chi connectivity index (χ3n) is 4.61. The van der Waals surface area contributed by atoms with Gasteiger partial charge in [0.05, 0.1) is 18.3 Å². The van der Waals surface area contributed by atoms with E-state index in [1.165, 1.54) is 0 Å². The molecule has 0 atom stereocenters. The summed E-state index contributed by atoms with van der Waals surface area (Å²) in [6.07, 6.45) is 0. The monoisotopic (exact) mass is 284 g/mol. The summed E-state index contributed by atoms with van der Waals surface area (Å²) in [7, 11) is 1.27. The number of ether oxygens (including phenoxy) is 1. The van der Waals surface area contributed by atoms with Gasteiger partial charge in [0, 0.05) is 5.46 Å². The first-order valence-corrected chi connectivity index (χ1v) is 7.26. The number of hydrogen-bond donors (Lipinski definition) is 0. The van der Waals surface area contributed by atoms with E-state index < -0.39 is 7.12 Å². The van der Waals surface area contributed by atoms with Crippen LogP contribution in [0.2, 0.25) is 0 Å². The van der Waals surface area contributed by atoms with Crippen molar-refractivity contribution in [2.45, 2.75) is 38.9 Å². The fourth-order valence-corrected chi connectivity index (χ4v) is 2.57. The summed E-state index contributed by atoms with van der Waals surface area (Å²) < 4.78 is 17.8. The number of hydrogen-bond acceptors (Lipinski definition) is 3. The Kier molecular flexibility index (Phi) is 3.26. The molecule has 3 rings (SSSR count). The molecule has 1 aliphatic rings. The predicted molar refractivity (Wildman–Crippen MR) is 86.2 cm³/mol. The molecule has 0 N–H and O–H groups in total. The molecule has 0 saturated carbocycles. The molecule has 1 heterocycles. The van der Waals surface area contributed by atoms with Gasteiger partial charge in [0.15, 0.2) is 0 Å². The second-order valence-corrected chi connectivity index (χ2v) is 6.53. The fraction of sp³-hybridized carbons (Fsp3) is 0.412. The van der Waals surface area contributed by atoms with Gasteiger partial charge in [0.25, 0.3) is 0 Å². The zero-order valence-electron chi connectivity index (χ0n) is 13.3. The number of methoxy groups -OCH3 is 1. The minimum atomic E-state index is -0.408. The molecule has 4 heteroatoms. The fourth-order valence-electron chi connectivity index (χ4n) is 2.57. The van der Waals surface area contributed by atoms with Crippen LogP contribution in [0, 0.1) is 0 Å². The highest BCUT2D eigenvalue weighted by Crippen LogP contribution is 2.37. The third-order valence-corrected chi connectivity index (χ3v) is 4.61. The van der Waals surface area contributed by atoms with Crippen molar-refractivity contribution < 1.29 is 14.0 Å². The Morgan fingerprint density at radius 1 is 0.905 bits per heavy atom. The molecule has 0 radical (unpaired) electrons. The van der Waals surface area contributed by atoms with Gasteiger partial charge in [-0.1, -0.05) is 30.3 Å². The molecule has 3 nitrogen and oxygen atoms in total. The Balaban J connectivity index is 2.08. The van der Waals surface area contributed by atoms with Crippen LogP contribution in [-0.4, -0.2) is 25.4 Å². The van der Waals surface area contributed by atoms with E-state index in [0.29, 0.717) is 0 Å². The summed E-state index contributed by atoms with van der Waals surface area (Å²) in [6.45, 7) is 8.22. The molecule has 0 aromatic heterocycles. The Labute approximate surface area is 126 Å². The highest BCUT2D eigenvalue weighted by Gasteiger charge is 2.52. The maximum atomic E-state index is 6.14. The average Bonchev–Trinajstić information content (AvgIpc) is 2.66. The van der Waals surface area contributed by atoms with Crippen molar-refractivity contribution in [3.63, 3.8) is 0 Å². The topological polar surface area (TPSA) is 27.7 Å². The van der Waals surface area contributed by atoms with E-state index in [9.17, 15) is 0 Å². The second kappa shape index (κ2) is 4.75.